The van der Waals surface area contributed by atoms with Crippen molar-refractivity contribution in [3.63, 3.8) is 0 Å². The minimum absolute atomic E-state index is 0.0118. The normalized spacial score (nSPS) is 12.5. The van der Waals surface area contributed by atoms with Crippen LogP contribution in [0.3, 0.4) is 0 Å². The molecule has 0 radical (unpaired) electrons. The zero-order chi connectivity index (χ0) is 22.4. The van der Waals surface area contributed by atoms with Crippen molar-refractivity contribution in [2.45, 2.75) is 32.2 Å². The molecule has 2 heterocycles. The molecule has 0 aliphatic rings. The van der Waals surface area contributed by atoms with Gasteiger partial charge in [-0.2, -0.15) is 13.2 Å². The van der Waals surface area contributed by atoms with Crippen LogP contribution in [0.5, 0.6) is 5.75 Å². The Morgan fingerprint density at radius 3 is 2.55 bits per heavy atom. The van der Waals surface area contributed by atoms with Crippen molar-refractivity contribution in [3.8, 4) is 16.5 Å². The molecular formula is C21H19F3N2O4S. The van der Waals surface area contributed by atoms with E-state index in [1.807, 2.05) is 0 Å². The molecule has 1 N–H and O–H groups in total. The lowest BCUT2D eigenvalue weighted by Gasteiger charge is -2.12. The number of alkyl halides is 3. The van der Waals surface area contributed by atoms with Crippen LogP contribution in [0.15, 0.2) is 48.7 Å². The molecule has 0 saturated heterocycles. The highest BCUT2D eigenvalue weighted by atomic mass is 32.1. The lowest BCUT2D eigenvalue weighted by atomic mass is 10.1. The number of aromatic nitrogens is 2. The summed E-state index contributed by atoms with van der Waals surface area (Å²) < 4.78 is 49.4. The second-order valence-corrected chi connectivity index (χ2v) is 7.62. The molecule has 0 aliphatic carbocycles. The first-order valence-electron chi connectivity index (χ1n) is 9.31. The van der Waals surface area contributed by atoms with E-state index in [9.17, 15) is 18.0 Å². The van der Waals surface area contributed by atoms with Crippen LogP contribution in [0.4, 0.5) is 13.2 Å². The van der Waals surface area contributed by atoms with E-state index in [-0.39, 0.29) is 18.9 Å². The third-order valence-electron chi connectivity index (χ3n) is 4.20. The standard InChI is InChI=1S/C21H19F3N2O4S/c1-2-29-16(20(27)28)11-13-3-5-14(6-4-13)30-12-15-7-8-17(31-15)19-25-10-9-18(26-19)21(22,23)24/h3-10,16H,2,11-12H2,1H3,(H,27,28). The summed E-state index contributed by atoms with van der Waals surface area (Å²) in [6.07, 6.45) is -4.10. The molecule has 0 amide bonds. The molecule has 6 nitrogen and oxygen atoms in total. The van der Waals surface area contributed by atoms with E-state index in [0.29, 0.717) is 17.2 Å². The Hall–Kier alpha value is -2.98. The third kappa shape index (κ3) is 6.25. The molecular weight excluding hydrogens is 433 g/mol. The van der Waals surface area contributed by atoms with Gasteiger partial charge in [-0.05, 0) is 42.8 Å². The number of hydrogen-bond donors (Lipinski definition) is 1. The number of benzene rings is 1. The van der Waals surface area contributed by atoms with Crippen LogP contribution in [0.1, 0.15) is 23.1 Å². The summed E-state index contributed by atoms with van der Waals surface area (Å²) in [7, 11) is 0. The predicted molar refractivity (Wildman–Crippen MR) is 108 cm³/mol. The summed E-state index contributed by atoms with van der Waals surface area (Å²) in [6, 6.07) is 11.2. The summed E-state index contributed by atoms with van der Waals surface area (Å²) in [5, 5.41) is 9.16. The fourth-order valence-electron chi connectivity index (χ4n) is 2.72. The number of rotatable bonds is 9. The maximum absolute atomic E-state index is 12.8. The van der Waals surface area contributed by atoms with Gasteiger partial charge in [0.25, 0.3) is 0 Å². The Bertz CT molecular complexity index is 1020. The van der Waals surface area contributed by atoms with Crippen molar-refractivity contribution in [1.82, 2.24) is 9.97 Å². The molecule has 0 bridgehead atoms. The zero-order valence-corrected chi connectivity index (χ0v) is 17.2. The van der Waals surface area contributed by atoms with Gasteiger partial charge >= 0.3 is 12.1 Å². The average Bonchev–Trinajstić information content (AvgIpc) is 3.21. The van der Waals surface area contributed by atoms with Gasteiger partial charge in [-0.1, -0.05) is 12.1 Å². The smallest absolute Gasteiger partial charge is 0.433 e. The number of nitrogens with zero attached hydrogens (tertiary/aromatic N) is 2. The van der Waals surface area contributed by atoms with Crippen LogP contribution in [0.2, 0.25) is 0 Å². The van der Waals surface area contributed by atoms with Gasteiger partial charge in [-0.25, -0.2) is 14.8 Å². The fourth-order valence-corrected chi connectivity index (χ4v) is 3.58. The van der Waals surface area contributed by atoms with Crippen LogP contribution in [-0.2, 0) is 28.7 Å². The molecule has 0 aliphatic heterocycles. The van der Waals surface area contributed by atoms with Crippen molar-refractivity contribution >= 4 is 17.3 Å². The van der Waals surface area contributed by atoms with E-state index in [1.165, 1.54) is 11.3 Å². The van der Waals surface area contributed by atoms with Crippen molar-refractivity contribution < 1.29 is 32.5 Å². The third-order valence-corrected chi connectivity index (χ3v) is 5.25. The van der Waals surface area contributed by atoms with Crippen molar-refractivity contribution in [3.05, 3.63) is 64.8 Å². The van der Waals surface area contributed by atoms with Gasteiger partial charge in [0.2, 0.25) is 0 Å². The van der Waals surface area contributed by atoms with Gasteiger partial charge in [0, 0.05) is 24.1 Å². The summed E-state index contributed by atoms with van der Waals surface area (Å²) in [4.78, 5) is 20.0. The topological polar surface area (TPSA) is 81.5 Å². The lowest BCUT2D eigenvalue weighted by Crippen LogP contribution is -2.26. The SMILES string of the molecule is CCOC(Cc1ccc(OCc2ccc(-c3nccc(C(F)(F)F)n3)s2)cc1)C(=O)O. The Morgan fingerprint density at radius 1 is 1.16 bits per heavy atom. The minimum Gasteiger partial charge on any atom is -0.488 e. The summed E-state index contributed by atoms with van der Waals surface area (Å²) >= 11 is 1.25. The van der Waals surface area contributed by atoms with Gasteiger partial charge in [0.1, 0.15) is 18.1 Å². The molecule has 10 heteroatoms. The second kappa shape index (κ2) is 9.88. The Kier molecular flexibility index (Phi) is 7.24. The number of carbonyl (C=O) groups is 1. The van der Waals surface area contributed by atoms with Crippen LogP contribution >= 0.6 is 11.3 Å². The summed E-state index contributed by atoms with van der Waals surface area (Å²) in [5.41, 5.74) is -0.188. The van der Waals surface area contributed by atoms with Gasteiger partial charge < -0.3 is 14.6 Å². The molecule has 31 heavy (non-hydrogen) atoms. The molecule has 1 unspecified atom stereocenters. The van der Waals surface area contributed by atoms with Crippen molar-refractivity contribution in [2.24, 2.45) is 0 Å². The van der Waals surface area contributed by atoms with Crippen LogP contribution in [0.25, 0.3) is 10.7 Å². The fraction of sp³-hybridized carbons (Fsp3) is 0.286. The van der Waals surface area contributed by atoms with E-state index in [2.05, 4.69) is 9.97 Å². The largest absolute Gasteiger partial charge is 0.488 e. The lowest BCUT2D eigenvalue weighted by molar-refractivity contribution is -0.150. The highest BCUT2D eigenvalue weighted by Crippen LogP contribution is 2.31. The van der Waals surface area contributed by atoms with E-state index in [0.717, 1.165) is 22.7 Å². The molecule has 0 spiro atoms. The number of carboxylic acids is 1. The molecule has 2 aromatic heterocycles. The molecule has 0 saturated carbocycles. The summed E-state index contributed by atoms with van der Waals surface area (Å²) in [6.45, 7) is 2.27. The number of carboxylic acid groups (broad SMARTS) is 1. The van der Waals surface area contributed by atoms with Crippen molar-refractivity contribution in [1.29, 1.82) is 0 Å². The van der Waals surface area contributed by atoms with Crippen LogP contribution in [0, 0.1) is 0 Å². The van der Waals surface area contributed by atoms with E-state index >= 15 is 0 Å². The minimum atomic E-state index is -4.53. The molecule has 0 fully saturated rings. The van der Waals surface area contributed by atoms with Gasteiger partial charge in [-0.3, -0.25) is 0 Å². The molecule has 1 aromatic carbocycles. The first-order valence-corrected chi connectivity index (χ1v) is 10.1. The van der Waals surface area contributed by atoms with Crippen LogP contribution < -0.4 is 4.74 Å². The maximum atomic E-state index is 12.8. The predicted octanol–water partition coefficient (Wildman–Crippen LogP) is 4.84. The molecule has 3 rings (SSSR count). The molecule has 164 valence electrons. The Morgan fingerprint density at radius 2 is 1.90 bits per heavy atom. The van der Waals surface area contributed by atoms with E-state index < -0.39 is 23.9 Å². The highest BCUT2D eigenvalue weighted by Gasteiger charge is 2.33. The first-order chi connectivity index (χ1) is 14.8. The molecule has 3 aromatic rings. The second-order valence-electron chi connectivity index (χ2n) is 6.45. The number of halogens is 3. The number of aliphatic carboxylic acids is 1. The zero-order valence-electron chi connectivity index (χ0n) is 16.4. The number of thiophene rings is 1. The molecule has 1 atom stereocenters. The monoisotopic (exact) mass is 452 g/mol. The van der Waals surface area contributed by atoms with E-state index in [4.69, 9.17) is 14.6 Å². The van der Waals surface area contributed by atoms with Crippen LogP contribution in [-0.4, -0.2) is 33.8 Å². The highest BCUT2D eigenvalue weighted by molar-refractivity contribution is 7.15. The van der Waals surface area contributed by atoms with Crippen molar-refractivity contribution in [2.75, 3.05) is 6.61 Å². The van der Waals surface area contributed by atoms with Gasteiger partial charge in [0.15, 0.2) is 11.9 Å². The number of hydrogen-bond acceptors (Lipinski definition) is 6. The first kappa shape index (κ1) is 22.7. The summed E-state index contributed by atoms with van der Waals surface area (Å²) in [5.74, 6) is -0.421. The maximum Gasteiger partial charge on any atom is 0.433 e. The quantitative estimate of drug-likeness (QED) is 0.501. The Balaban J connectivity index is 1.60. The van der Waals surface area contributed by atoms with Gasteiger partial charge in [-0.15, -0.1) is 11.3 Å². The average molecular weight is 452 g/mol. The van der Waals surface area contributed by atoms with E-state index in [1.54, 1.807) is 43.3 Å². The number of ether oxygens (including phenoxy) is 2. The Labute approximate surface area is 180 Å². The van der Waals surface area contributed by atoms with Gasteiger partial charge in [0.05, 0.1) is 4.88 Å².